The van der Waals surface area contributed by atoms with E-state index in [0.717, 1.165) is 11.3 Å². The largest absolute Gasteiger partial charge is 0.395 e. The predicted octanol–water partition coefficient (Wildman–Crippen LogP) is 2.05. The fourth-order valence-electron chi connectivity index (χ4n) is 1.67. The number of anilines is 1. The van der Waals surface area contributed by atoms with Gasteiger partial charge in [-0.1, -0.05) is 0 Å². The zero-order valence-electron chi connectivity index (χ0n) is 11.1. The van der Waals surface area contributed by atoms with Gasteiger partial charge < -0.3 is 10.0 Å². The molecule has 2 N–H and O–H groups in total. The Labute approximate surface area is 121 Å². The number of aliphatic hydroxyl groups is 1. The Balaban J connectivity index is 2.04. The van der Waals surface area contributed by atoms with Crippen LogP contribution in [0.2, 0.25) is 0 Å². The predicted molar refractivity (Wildman–Crippen MR) is 78.7 cm³/mol. The van der Waals surface area contributed by atoms with E-state index in [0.29, 0.717) is 18.2 Å². The number of aromatic nitrogens is 2. The maximum atomic E-state index is 11.9. The molecule has 0 aliphatic heterocycles. The van der Waals surface area contributed by atoms with E-state index >= 15 is 0 Å². The van der Waals surface area contributed by atoms with E-state index in [4.69, 9.17) is 5.11 Å². The van der Waals surface area contributed by atoms with E-state index in [1.54, 1.807) is 12.4 Å². The van der Waals surface area contributed by atoms with E-state index in [1.807, 2.05) is 24.4 Å². The van der Waals surface area contributed by atoms with Crippen LogP contribution in [0.4, 0.5) is 9.93 Å². The maximum absolute atomic E-state index is 11.9. The molecule has 0 atom stereocenters. The quantitative estimate of drug-likeness (QED) is 0.884. The molecule has 0 spiro atoms. The Bertz CT molecular complexity index is 559. The number of hydrogen-bond donors (Lipinski definition) is 2. The van der Waals surface area contributed by atoms with Gasteiger partial charge in [0.15, 0.2) is 5.13 Å². The standard InChI is InChI=1S/C13H16N4O2S/c1-2-17(6-7-18)13(19)16-12-15-11(9-20-12)10-4-3-5-14-8-10/h3-5,8-9,18H,2,6-7H2,1H3,(H,15,16,19). The monoisotopic (exact) mass is 292 g/mol. The summed E-state index contributed by atoms with van der Waals surface area (Å²) in [7, 11) is 0. The summed E-state index contributed by atoms with van der Waals surface area (Å²) in [5, 5.41) is 14.0. The van der Waals surface area contributed by atoms with Crippen LogP contribution in [0.5, 0.6) is 0 Å². The SMILES string of the molecule is CCN(CCO)C(=O)Nc1nc(-c2cccnc2)cs1. The van der Waals surface area contributed by atoms with Gasteiger partial charge in [-0.25, -0.2) is 9.78 Å². The minimum absolute atomic E-state index is 0.0555. The van der Waals surface area contributed by atoms with Crippen molar-refractivity contribution in [2.75, 3.05) is 25.0 Å². The van der Waals surface area contributed by atoms with E-state index in [9.17, 15) is 4.79 Å². The van der Waals surface area contributed by atoms with Crippen molar-refractivity contribution in [2.45, 2.75) is 6.92 Å². The molecule has 0 aliphatic rings. The second-order valence-corrected chi connectivity index (χ2v) is 4.87. The highest BCUT2D eigenvalue weighted by Gasteiger charge is 2.13. The van der Waals surface area contributed by atoms with Gasteiger partial charge in [-0.15, -0.1) is 11.3 Å². The van der Waals surface area contributed by atoms with Gasteiger partial charge in [0, 0.05) is 36.4 Å². The summed E-state index contributed by atoms with van der Waals surface area (Å²) in [6, 6.07) is 3.50. The number of pyridine rings is 1. The highest BCUT2D eigenvalue weighted by molar-refractivity contribution is 7.14. The van der Waals surface area contributed by atoms with Crippen molar-refractivity contribution in [2.24, 2.45) is 0 Å². The third-order valence-corrected chi connectivity index (χ3v) is 3.47. The van der Waals surface area contributed by atoms with Crippen molar-refractivity contribution < 1.29 is 9.90 Å². The molecule has 2 aromatic rings. The molecule has 2 aromatic heterocycles. The van der Waals surface area contributed by atoms with E-state index in [1.165, 1.54) is 16.2 Å². The number of hydrogen-bond acceptors (Lipinski definition) is 5. The summed E-state index contributed by atoms with van der Waals surface area (Å²) in [6.45, 7) is 2.65. The van der Waals surface area contributed by atoms with Gasteiger partial charge in [0.25, 0.3) is 0 Å². The third-order valence-electron chi connectivity index (χ3n) is 2.71. The van der Waals surface area contributed by atoms with Crippen LogP contribution in [0, 0.1) is 0 Å². The minimum Gasteiger partial charge on any atom is -0.395 e. The fraction of sp³-hybridized carbons (Fsp3) is 0.308. The first-order chi connectivity index (χ1) is 9.74. The molecule has 6 nitrogen and oxygen atoms in total. The van der Waals surface area contributed by atoms with Crippen molar-refractivity contribution in [3.05, 3.63) is 29.9 Å². The fourth-order valence-corrected chi connectivity index (χ4v) is 2.38. The Morgan fingerprint density at radius 3 is 3.05 bits per heavy atom. The molecule has 2 heterocycles. The maximum Gasteiger partial charge on any atom is 0.323 e. The van der Waals surface area contributed by atoms with Gasteiger partial charge in [0.05, 0.1) is 12.3 Å². The van der Waals surface area contributed by atoms with Crippen LogP contribution in [0.15, 0.2) is 29.9 Å². The summed E-state index contributed by atoms with van der Waals surface area (Å²) in [5.74, 6) is 0. The smallest absolute Gasteiger partial charge is 0.323 e. The lowest BCUT2D eigenvalue weighted by molar-refractivity contribution is 0.192. The number of carbonyl (C=O) groups is 1. The van der Waals surface area contributed by atoms with Gasteiger partial charge in [0.1, 0.15) is 0 Å². The molecule has 0 saturated heterocycles. The summed E-state index contributed by atoms with van der Waals surface area (Å²) in [4.78, 5) is 21.8. The van der Waals surface area contributed by atoms with Crippen LogP contribution in [-0.2, 0) is 0 Å². The molecule has 0 fully saturated rings. The normalized spacial score (nSPS) is 10.3. The van der Waals surface area contributed by atoms with Crippen LogP contribution in [-0.4, -0.2) is 45.7 Å². The van der Waals surface area contributed by atoms with E-state index < -0.39 is 0 Å². The van der Waals surface area contributed by atoms with Gasteiger partial charge in [-0.05, 0) is 19.1 Å². The number of carbonyl (C=O) groups excluding carboxylic acids is 1. The number of nitrogens with one attached hydrogen (secondary N) is 1. The molecular weight excluding hydrogens is 276 g/mol. The van der Waals surface area contributed by atoms with Crippen LogP contribution >= 0.6 is 11.3 Å². The molecule has 0 aromatic carbocycles. The van der Waals surface area contributed by atoms with Gasteiger partial charge in [-0.3, -0.25) is 10.3 Å². The first-order valence-electron chi connectivity index (χ1n) is 6.27. The molecule has 0 unspecified atom stereocenters. The van der Waals surface area contributed by atoms with Gasteiger partial charge in [0.2, 0.25) is 0 Å². The van der Waals surface area contributed by atoms with Crippen molar-refractivity contribution in [1.29, 1.82) is 0 Å². The average molecular weight is 292 g/mol. The summed E-state index contributed by atoms with van der Waals surface area (Å²) in [6.07, 6.45) is 3.43. The molecule has 2 amide bonds. The number of rotatable bonds is 5. The lowest BCUT2D eigenvalue weighted by atomic mass is 10.2. The van der Waals surface area contributed by atoms with Gasteiger partial charge >= 0.3 is 6.03 Å². The highest BCUT2D eigenvalue weighted by Crippen LogP contribution is 2.24. The Morgan fingerprint density at radius 2 is 2.40 bits per heavy atom. The topological polar surface area (TPSA) is 78.4 Å². The number of urea groups is 1. The molecule has 0 saturated carbocycles. The van der Waals surface area contributed by atoms with Crippen molar-refractivity contribution >= 4 is 22.5 Å². The van der Waals surface area contributed by atoms with E-state index in [-0.39, 0.29) is 12.6 Å². The summed E-state index contributed by atoms with van der Waals surface area (Å²) in [5.41, 5.74) is 1.69. The Hall–Kier alpha value is -1.99. The van der Waals surface area contributed by atoms with Crippen LogP contribution in [0.25, 0.3) is 11.3 Å². The Morgan fingerprint density at radius 1 is 1.55 bits per heavy atom. The molecular formula is C13H16N4O2S. The zero-order chi connectivity index (χ0) is 14.4. The molecule has 20 heavy (non-hydrogen) atoms. The lowest BCUT2D eigenvalue weighted by Crippen LogP contribution is -2.36. The minimum atomic E-state index is -0.256. The van der Waals surface area contributed by atoms with Crippen LogP contribution in [0.1, 0.15) is 6.92 Å². The second kappa shape index (κ2) is 6.97. The lowest BCUT2D eigenvalue weighted by Gasteiger charge is -2.19. The number of aliphatic hydroxyl groups excluding tert-OH is 1. The molecule has 106 valence electrons. The van der Waals surface area contributed by atoms with Gasteiger partial charge in [-0.2, -0.15) is 0 Å². The summed E-state index contributed by atoms with van der Waals surface area (Å²) < 4.78 is 0. The number of amides is 2. The number of thiazole rings is 1. The van der Waals surface area contributed by atoms with E-state index in [2.05, 4.69) is 15.3 Å². The molecule has 0 aliphatic carbocycles. The van der Waals surface area contributed by atoms with Crippen molar-refractivity contribution in [3.63, 3.8) is 0 Å². The van der Waals surface area contributed by atoms with Crippen molar-refractivity contribution in [1.82, 2.24) is 14.9 Å². The van der Waals surface area contributed by atoms with Crippen molar-refractivity contribution in [3.8, 4) is 11.3 Å². The molecule has 7 heteroatoms. The third kappa shape index (κ3) is 3.52. The van der Waals surface area contributed by atoms with Crippen LogP contribution in [0.3, 0.4) is 0 Å². The molecule has 0 bridgehead atoms. The summed E-state index contributed by atoms with van der Waals surface area (Å²) >= 11 is 1.36. The molecule has 2 rings (SSSR count). The molecule has 0 radical (unpaired) electrons. The zero-order valence-corrected chi connectivity index (χ0v) is 11.9. The number of likely N-dealkylation sites (N-methyl/N-ethyl adjacent to an activating group) is 1. The number of nitrogens with zero attached hydrogens (tertiary/aromatic N) is 3. The first kappa shape index (κ1) is 14.4. The first-order valence-corrected chi connectivity index (χ1v) is 7.15. The Kier molecular flexibility index (Phi) is 5.03. The second-order valence-electron chi connectivity index (χ2n) is 4.01. The average Bonchev–Trinajstić information content (AvgIpc) is 2.94. The van der Waals surface area contributed by atoms with Crippen LogP contribution < -0.4 is 5.32 Å². The highest BCUT2D eigenvalue weighted by atomic mass is 32.1.